The molecule has 160 valence electrons. The summed E-state index contributed by atoms with van der Waals surface area (Å²) >= 11 is 6.21. The first-order chi connectivity index (χ1) is 14.1. The number of halogens is 1. The van der Waals surface area contributed by atoms with Crippen LogP contribution >= 0.6 is 11.6 Å². The molecule has 3 rings (SSSR count). The van der Waals surface area contributed by atoms with Gasteiger partial charge in [0.15, 0.2) is 0 Å². The number of benzene rings is 2. The van der Waals surface area contributed by atoms with Gasteiger partial charge in [0.1, 0.15) is 0 Å². The highest BCUT2D eigenvalue weighted by Crippen LogP contribution is 2.31. The first-order valence-electron chi connectivity index (χ1n) is 9.61. The molecule has 0 saturated carbocycles. The molecule has 1 N–H and O–H groups in total. The van der Waals surface area contributed by atoms with Crippen LogP contribution in [0.4, 0.5) is 11.4 Å². The minimum Gasteiger partial charge on any atom is -0.320 e. The van der Waals surface area contributed by atoms with Crippen molar-refractivity contribution in [3.8, 4) is 0 Å². The van der Waals surface area contributed by atoms with Crippen LogP contribution in [0.1, 0.15) is 37.0 Å². The molecule has 1 aliphatic rings. The van der Waals surface area contributed by atoms with Crippen LogP contribution < -0.4 is 10.2 Å². The van der Waals surface area contributed by atoms with Crippen molar-refractivity contribution in [2.24, 2.45) is 0 Å². The zero-order chi connectivity index (χ0) is 22.1. The molecule has 1 heterocycles. The lowest BCUT2D eigenvalue weighted by atomic mass is 10.2. The molecular weight excluding hydrogens is 426 g/mol. The molecule has 0 radical (unpaired) electrons. The molecule has 0 spiro atoms. The van der Waals surface area contributed by atoms with E-state index in [-0.39, 0.29) is 27.4 Å². The Morgan fingerprint density at radius 1 is 1.20 bits per heavy atom. The number of amides is 2. The standard InChI is InChI=1S/C21H24ClN3O4S/c1-14(2)24(3)30(28,29)15-10-11-17(22)16(13-15)21(27)23-18-7-4-5-8-19(18)25-12-6-9-20(25)26/h4-5,7-8,10-11,13-14H,6,9,12H2,1-3H3,(H,23,27). The smallest absolute Gasteiger partial charge is 0.257 e. The number of carbonyl (C=O) groups excluding carboxylic acids is 2. The Morgan fingerprint density at radius 3 is 2.53 bits per heavy atom. The first kappa shape index (κ1) is 22.3. The molecule has 2 amide bonds. The van der Waals surface area contributed by atoms with Crippen molar-refractivity contribution in [2.45, 2.75) is 37.6 Å². The van der Waals surface area contributed by atoms with Crippen LogP contribution in [-0.4, -0.2) is 44.2 Å². The summed E-state index contributed by atoms with van der Waals surface area (Å²) in [6, 6.07) is 10.8. The molecule has 1 fully saturated rings. The molecule has 0 atom stereocenters. The highest BCUT2D eigenvalue weighted by atomic mass is 35.5. The quantitative estimate of drug-likeness (QED) is 0.727. The van der Waals surface area contributed by atoms with Crippen LogP contribution in [0.3, 0.4) is 0 Å². The van der Waals surface area contributed by atoms with Crippen LogP contribution in [0, 0.1) is 0 Å². The van der Waals surface area contributed by atoms with Gasteiger partial charge in [-0.1, -0.05) is 23.7 Å². The molecule has 7 nitrogen and oxygen atoms in total. The first-order valence-corrected chi connectivity index (χ1v) is 11.4. The van der Waals surface area contributed by atoms with Gasteiger partial charge in [-0.05, 0) is 50.6 Å². The van der Waals surface area contributed by atoms with E-state index in [4.69, 9.17) is 11.6 Å². The lowest BCUT2D eigenvalue weighted by Crippen LogP contribution is -2.33. The second-order valence-electron chi connectivity index (χ2n) is 7.38. The van der Waals surface area contributed by atoms with E-state index in [2.05, 4.69) is 5.32 Å². The molecule has 0 bridgehead atoms. The van der Waals surface area contributed by atoms with E-state index in [0.29, 0.717) is 24.3 Å². The van der Waals surface area contributed by atoms with Gasteiger partial charge in [0.05, 0.1) is 26.9 Å². The monoisotopic (exact) mass is 449 g/mol. The summed E-state index contributed by atoms with van der Waals surface area (Å²) in [5.41, 5.74) is 1.10. The molecule has 9 heteroatoms. The van der Waals surface area contributed by atoms with E-state index in [1.807, 2.05) is 0 Å². The zero-order valence-electron chi connectivity index (χ0n) is 17.1. The summed E-state index contributed by atoms with van der Waals surface area (Å²) in [6.07, 6.45) is 1.23. The third-order valence-corrected chi connectivity index (χ3v) is 7.46. The van der Waals surface area contributed by atoms with Gasteiger partial charge in [-0.2, -0.15) is 4.31 Å². The Balaban J connectivity index is 1.93. The SMILES string of the molecule is CC(C)N(C)S(=O)(=O)c1ccc(Cl)c(C(=O)Nc2ccccc2N2CCCC2=O)c1. The van der Waals surface area contributed by atoms with Gasteiger partial charge in [-0.3, -0.25) is 9.59 Å². The minimum atomic E-state index is -3.77. The van der Waals surface area contributed by atoms with Crippen molar-refractivity contribution in [3.05, 3.63) is 53.1 Å². The largest absolute Gasteiger partial charge is 0.320 e. The number of rotatable bonds is 6. The predicted molar refractivity (Wildman–Crippen MR) is 118 cm³/mol. The van der Waals surface area contributed by atoms with Crippen LogP contribution in [0.25, 0.3) is 0 Å². The van der Waals surface area contributed by atoms with Gasteiger partial charge < -0.3 is 10.2 Å². The van der Waals surface area contributed by atoms with Crippen molar-refractivity contribution >= 4 is 44.8 Å². The summed E-state index contributed by atoms with van der Waals surface area (Å²) in [5.74, 6) is -0.553. The van der Waals surface area contributed by atoms with Crippen molar-refractivity contribution < 1.29 is 18.0 Å². The van der Waals surface area contributed by atoms with Crippen LogP contribution in [0.5, 0.6) is 0 Å². The number of nitrogens with one attached hydrogen (secondary N) is 1. The fraction of sp³-hybridized carbons (Fsp3) is 0.333. The van der Waals surface area contributed by atoms with E-state index < -0.39 is 15.9 Å². The number of carbonyl (C=O) groups is 2. The van der Waals surface area contributed by atoms with Gasteiger partial charge in [0, 0.05) is 26.1 Å². The van der Waals surface area contributed by atoms with Crippen LogP contribution in [0.2, 0.25) is 5.02 Å². The Hall–Kier alpha value is -2.42. The topological polar surface area (TPSA) is 86.8 Å². The summed E-state index contributed by atoms with van der Waals surface area (Å²) in [7, 11) is -2.29. The molecule has 2 aromatic rings. The maximum atomic E-state index is 13.0. The fourth-order valence-corrected chi connectivity index (χ4v) is 4.79. The summed E-state index contributed by atoms with van der Waals surface area (Å²) in [5, 5.41) is 2.90. The van der Waals surface area contributed by atoms with Crippen molar-refractivity contribution in [1.82, 2.24) is 4.31 Å². The molecule has 1 aliphatic heterocycles. The molecule has 0 aromatic heterocycles. The normalized spacial score (nSPS) is 14.6. The van der Waals surface area contributed by atoms with Crippen LogP contribution in [-0.2, 0) is 14.8 Å². The van der Waals surface area contributed by atoms with E-state index in [9.17, 15) is 18.0 Å². The second kappa shape index (κ2) is 8.75. The van der Waals surface area contributed by atoms with Gasteiger partial charge in [0.2, 0.25) is 15.9 Å². The van der Waals surface area contributed by atoms with Crippen LogP contribution in [0.15, 0.2) is 47.4 Å². The summed E-state index contributed by atoms with van der Waals surface area (Å²) in [4.78, 5) is 26.7. The number of hydrogen-bond acceptors (Lipinski definition) is 4. The third-order valence-electron chi connectivity index (χ3n) is 5.10. The highest BCUT2D eigenvalue weighted by molar-refractivity contribution is 7.89. The van der Waals surface area contributed by atoms with Crippen molar-refractivity contribution in [1.29, 1.82) is 0 Å². The molecular formula is C21H24ClN3O4S. The van der Waals surface area contributed by atoms with E-state index in [1.54, 1.807) is 43.0 Å². The Morgan fingerprint density at radius 2 is 1.90 bits per heavy atom. The number of hydrogen-bond donors (Lipinski definition) is 1. The van der Waals surface area contributed by atoms with E-state index in [1.165, 1.54) is 29.6 Å². The zero-order valence-corrected chi connectivity index (χ0v) is 18.6. The number of sulfonamides is 1. The van der Waals surface area contributed by atoms with Gasteiger partial charge >= 0.3 is 0 Å². The van der Waals surface area contributed by atoms with Gasteiger partial charge in [-0.15, -0.1) is 0 Å². The fourth-order valence-electron chi connectivity index (χ4n) is 3.19. The number of nitrogens with zero attached hydrogens (tertiary/aromatic N) is 2. The highest BCUT2D eigenvalue weighted by Gasteiger charge is 2.27. The Kier molecular flexibility index (Phi) is 6.50. The third kappa shape index (κ3) is 4.35. The van der Waals surface area contributed by atoms with E-state index >= 15 is 0 Å². The average Bonchev–Trinajstić information content (AvgIpc) is 3.13. The summed E-state index contributed by atoms with van der Waals surface area (Å²) in [6.45, 7) is 4.11. The maximum Gasteiger partial charge on any atom is 0.257 e. The molecule has 2 aromatic carbocycles. The predicted octanol–water partition coefficient (Wildman–Crippen LogP) is 3.75. The van der Waals surface area contributed by atoms with E-state index in [0.717, 1.165) is 6.42 Å². The molecule has 0 unspecified atom stereocenters. The molecule has 1 saturated heterocycles. The maximum absolute atomic E-state index is 13.0. The number of anilines is 2. The van der Waals surface area contributed by atoms with Gasteiger partial charge in [0.25, 0.3) is 5.91 Å². The molecule has 30 heavy (non-hydrogen) atoms. The number of para-hydroxylation sites is 2. The lowest BCUT2D eigenvalue weighted by Gasteiger charge is -2.22. The molecule has 0 aliphatic carbocycles. The van der Waals surface area contributed by atoms with Crippen molar-refractivity contribution in [3.63, 3.8) is 0 Å². The lowest BCUT2D eigenvalue weighted by molar-refractivity contribution is -0.117. The minimum absolute atomic E-state index is 0.000422. The second-order valence-corrected chi connectivity index (χ2v) is 9.78. The van der Waals surface area contributed by atoms with Gasteiger partial charge in [-0.25, -0.2) is 8.42 Å². The summed E-state index contributed by atoms with van der Waals surface area (Å²) < 4.78 is 26.8. The Labute approximate surface area is 181 Å². The van der Waals surface area contributed by atoms with Crippen molar-refractivity contribution in [2.75, 3.05) is 23.8 Å². The average molecular weight is 450 g/mol. The Bertz CT molecular complexity index is 1090.